The molecule has 17 heavy (non-hydrogen) atoms. The molecule has 0 bridgehead atoms. The molecule has 0 amide bonds. The number of phenols is 2. The van der Waals surface area contributed by atoms with Crippen molar-refractivity contribution in [3.63, 3.8) is 0 Å². The predicted octanol–water partition coefficient (Wildman–Crippen LogP) is 1.55. The van der Waals surface area contributed by atoms with Gasteiger partial charge in [0.15, 0.2) is 6.10 Å². The second-order valence-corrected chi connectivity index (χ2v) is 4.36. The standard InChI is InChI=1S/C12H12O5/c1-5-10-6(13)2-3-7(14)11(10)12-8(16-5)4-9(15)17-12/h2-3,5,8,12-14H,4H2,1H3/t5-,8+,12-/m1/s1. The molecule has 3 rings (SSSR count). The third-order valence-corrected chi connectivity index (χ3v) is 3.28. The van der Waals surface area contributed by atoms with Crippen LogP contribution in [-0.2, 0) is 14.3 Å². The van der Waals surface area contributed by atoms with Gasteiger partial charge in [-0.3, -0.25) is 4.79 Å². The van der Waals surface area contributed by atoms with Crippen LogP contribution >= 0.6 is 0 Å². The van der Waals surface area contributed by atoms with E-state index in [4.69, 9.17) is 9.47 Å². The lowest BCUT2D eigenvalue weighted by Crippen LogP contribution is -2.26. The van der Waals surface area contributed by atoms with Gasteiger partial charge in [-0.15, -0.1) is 0 Å². The number of rotatable bonds is 0. The van der Waals surface area contributed by atoms with Gasteiger partial charge < -0.3 is 19.7 Å². The maximum absolute atomic E-state index is 11.3. The van der Waals surface area contributed by atoms with Crippen molar-refractivity contribution in [2.45, 2.75) is 31.7 Å². The van der Waals surface area contributed by atoms with Crippen molar-refractivity contribution in [2.24, 2.45) is 0 Å². The Bertz CT molecular complexity index is 496. The third kappa shape index (κ3) is 1.39. The SMILES string of the molecule is C[C@H]1O[C@H]2CC(=O)O[C@H]2c2c(O)ccc(O)c21. The number of phenolic OH excluding ortho intramolecular Hbond substituents is 2. The maximum Gasteiger partial charge on any atom is 0.309 e. The summed E-state index contributed by atoms with van der Waals surface area (Å²) in [5.74, 6) is -0.271. The van der Waals surface area contributed by atoms with Gasteiger partial charge in [0.05, 0.1) is 12.5 Å². The van der Waals surface area contributed by atoms with E-state index in [1.165, 1.54) is 12.1 Å². The molecule has 1 fully saturated rings. The first-order valence-electron chi connectivity index (χ1n) is 5.47. The van der Waals surface area contributed by atoms with E-state index in [9.17, 15) is 15.0 Å². The number of hydrogen-bond acceptors (Lipinski definition) is 5. The predicted molar refractivity (Wildman–Crippen MR) is 56.5 cm³/mol. The van der Waals surface area contributed by atoms with Crippen LogP contribution in [-0.4, -0.2) is 22.3 Å². The van der Waals surface area contributed by atoms with Gasteiger partial charge in [0.1, 0.15) is 17.6 Å². The quantitative estimate of drug-likeness (QED) is 0.528. The molecular formula is C12H12O5. The number of carbonyl (C=O) groups excluding carboxylic acids is 1. The van der Waals surface area contributed by atoms with Crippen molar-refractivity contribution >= 4 is 5.97 Å². The van der Waals surface area contributed by atoms with E-state index in [2.05, 4.69) is 0 Å². The van der Waals surface area contributed by atoms with Crippen LogP contribution in [0.25, 0.3) is 0 Å². The van der Waals surface area contributed by atoms with Crippen molar-refractivity contribution in [3.05, 3.63) is 23.3 Å². The first-order chi connectivity index (χ1) is 8.08. The van der Waals surface area contributed by atoms with Gasteiger partial charge in [0.2, 0.25) is 0 Å². The molecule has 5 nitrogen and oxygen atoms in total. The van der Waals surface area contributed by atoms with Gasteiger partial charge in [0, 0.05) is 11.1 Å². The Balaban J connectivity index is 2.19. The molecule has 90 valence electrons. The molecule has 2 aliphatic rings. The zero-order valence-corrected chi connectivity index (χ0v) is 9.21. The average molecular weight is 236 g/mol. The fraction of sp³-hybridized carbons (Fsp3) is 0.417. The lowest BCUT2D eigenvalue weighted by Gasteiger charge is -2.32. The van der Waals surface area contributed by atoms with Crippen LogP contribution in [0.2, 0.25) is 0 Å². The summed E-state index contributed by atoms with van der Waals surface area (Å²) in [6.45, 7) is 1.77. The van der Waals surface area contributed by atoms with E-state index in [1.807, 2.05) is 0 Å². The second kappa shape index (κ2) is 3.37. The smallest absolute Gasteiger partial charge is 0.309 e. The molecule has 3 atom stereocenters. The summed E-state index contributed by atoms with van der Waals surface area (Å²) in [6.07, 6.45) is -1.17. The molecule has 5 heteroatoms. The Morgan fingerprint density at radius 1 is 1.24 bits per heavy atom. The first-order valence-corrected chi connectivity index (χ1v) is 5.47. The molecule has 1 aromatic carbocycles. The molecule has 0 unspecified atom stereocenters. The summed E-state index contributed by atoms with van der Waals surface area (Å²) in [6, 6.07) is 2.81. The molecule has 2 heterocycles. The summed E-state index contributed by atoms with van der Waals surface area (Å²) in [7, 11) is 0. The molecule has 0 aromatic heterocycles. The van der Waals surface area contributed by atoms with Crippen LogP contribution in [0.5, 0.6) is 11.5 Å². The number of ether oxygens (including phenoxy) is 2. The Hall–Kier alpha value is -1.75. The van der Waals surface area contributed by atoms with Gasteiger partial charge in [-0.05, 0) is 19.1 Å². The minimum Gasteiger partial charge on any atom is -0.508 e. The fourth-order valence-corrected chi connectivity index (χ4v) is 2.57. The summed E-state index contributed by atoms with van der Waals surface area (Å²) < 4.78 is 10.8. The number of hydrogen-bond donors (Lipinski definition) is 2. The van der Waals surface area contributed by atoms with Crippen molar-refractivity contribution in [1.29, 1.82) is 0 Å². The number of benzene rings is 1. The normalized spacial score (nSPS) is 30.6. The molecule has 2 N–H and O–H groups in total. The third-order valence-electron chi connectivity index (χ3n) is 3.28. The summed E-state index contributed by atoms with van der Waals surface area (Å²) >= 11 is 0. The topological polar surface area (TPSA) is 76.0 Å². The highest BCUT2D eigenvalue weighted by molar-refractivity contribution is 5.74. The fourth-order valence-electron chi connectivity index (χ4n) is 2.57. The second-order valence-electron chi connectivity index (χ2n) is 4.36. The Morgan fingerprint density at radius 2 is 1.88 bits per heavy atom. The van der Waals surface area contributed by atoms with Crippen LogP contribution in [0.1, 0.15) is 36.7 Å². The van der Waals surface area contributed by atoms with E-state index in [0.29, 0.717) is 11.1 Å². The highest BCUT2D eigenvalue weighted by Gasteiger charge is 2.45. The molecule has 0 radical (unpaired) electrons. The van der Waals surface area contributed by atoms with Crippen LogP contribution in [0, 0.1) is 0 Å². The molecule has 2 aliphatic heterocycles. The zero-order chi connectivity index (χ0) is 12.2. The first kappa shape index (κ1) is 10.4. The number of esters is 1. The number of fused-ring (bicyclic) bond motifs is 3. The largest absolute Gasteiger partial charge is 0.508 e. The van der Waals surface area contributed by atoms with Crippen molar-refractivity contribution in [1.82, 2.24) is 0 Å². The van der Waals surface area contributed by atoms with Crippen LogP contribution in [0.15, 0.2) is 12.1 Å². The highest BCUT2D eigenvalue weighted by atomic mass is 16.6. The zero-order valence-electron chi connectivity index (χ0n) is 9.21. The van der Waals surface area contributed by atoms with Gasteiger partial charge in [-0.1, -0.05) is 0 Å². The lowest BCUT2D eigenvalue weighted by atomic mass is 9.91. The van der Waals surface area contributed by atoms with Gasteiger partial charge in [0.25, 0.3) is 0 Å². The van der Waals surface area contributed by atoms with E-state index < -0.39 is 6.10 Å². The molecule has 0 aliphatic carbocycles. The van der Waals surface area contributed by atoms with E-state index in [-0.39, 0.29) is 36.1 Å². The maximum atomic E-state index is 11.3. The molecule has 1 saturated heterocycles. The van der Waals surface area contributed by atoms with Crippen molar-refractivity contribution in [3.8, 4) is 11.5 Å². The van der Waals surface area contributed by atoms with Crippen LogP contribution in [0.3, 0.4) is 0 Å². The number of aromatic hydroxyl groups is 2. The molecular weight excluding hydrogens is 224 g/mol. The lowest BCUT2D eigenvalue weighted by molar-refractivity contribution is -0.143. The monoisotopic (exact) mass is 236 g/mol. The Morgan fingerprint density at radius 3 is 2.59 bits per heavy atom. The molecule has 0 spiro atoms. The number of carbonyl (C=O) groups is 1. The minimum atomic E-state index is -0.610. The molecule has 0 saturated carbocycles. The summed E-state index contributed by atoms with van der Waals surface area (Å²) in [5.41, 5.74) is 0.973. The summed E-state index contributed by atoms with van der Waals surface area (Å²) in [5, 5.41) is 19.7. The van der Waals surface area contributed by atoms with Gasteiger partial charge in [-0.2, -0.15) is 0 Å². The van der Waals surface area contributed by atoms with Gasteiger partial charge >= 0.3 is 5.97 Å². The van der Waals surface area contributed by atoms with Gasteiger partial charge in [-0.25, -0.2) is 0 Å². The Labute approximate surface area is 97.6 Å². The van der Waals surface area contributed by atoms with E-state index in [1.54, 1.807) is 6.92 Å². The van der Waals surface area contributed by atoms with Crippen molar-refractivity contribution < 1.29 is 24.5 Å². The summed E-state index contributed by atoms with van der Waals surface area (Å²) in [4.78, 5) is 11.3. The van der Waals surface area contributed by atoms with Crippen LogP contribution in [0.4, 0.5) is 0 Å². The minimum absolute atomic E-state index is 0.0256. The highest BCUT2D eigenvalue weighted by Crippen LogP contribution is 2.49. The van der Waals surface area contributed by atoms with Crippen molar-refractivity contribution in [2.75, 3.05) is 0 Å². The van der Waals surface area contributed by atoms with E-state index >= 15 is 0 Å². The van der Waals surface area contributed by atoms with Crippen LogP contribution < -0.4 is 0 Å². The van der Waals surface area contributed by atoms with E-state index in [0.717, 1.165) is 0 Å². The Kier molecular flexibility index (Phi) is 2.06. The molecule has 1 aromatic rings. The average Bonchev–Trinajstić information content (AvgIpc) is 2.62.